The van der Waals surface area contributed by atoms with Crippen molar-refractivity contribution >= 4 is 5.91 Å². The molecule has 6 heteroatoms. The van der Waals surface area contributed by atoms with Crippen LogP contribution in [0, 0.1) is 0 Å². The summed E-state index contributed by atoms with van der Waals surface area (Å²) in [6.45, 7) is 6.07. The molecule has 0 spiro atoms. The quantitative estimate of drug-likeness (QED) is 0.685. The van der Waals surface area contributed by atoms with Gasteiger partial charge in [0.15, 0.2) is 0 Å². The van der Waals surface area contributed by atoms with Crippen molar-refractivity contribution in [2.45, 2.75) is 32.7 Å². The van der Waals surface area contributed by atoms with Gasteiger partial charge in [-0.1, -0.05) is 0 Å². The zero-order valence-electron chi connectivity index (χ0n) is 10.7. The van der Waals surface area contributed by atoms with Gasteiger partial charge in [0.25, 0.3) is 5.91 Å². The lowest BCUT2D eigenvalue weighted by Crippen LogP contribution is -2.29. The van der Waals surface area contributed by atoms with Crippen molar-refractivity contribution in [2.24, 2.45) is 0 Å². The van der Waals surface area contributed by atoms with Crippen LogP contribution in [0.15, 0.2) is 6.33 Å². The molecule has 0 saturated heterocycles. The number of hydrogen-bond donors (Lipinski definition) is 2. The second kappa shape index (κ2) is 7.01. The molecule has 0 aliphatic carbocycles. The summed E-state index contributed by atoms with van der Waals surface area (Å²) in [5, 5.41) is 8.95. The van der Waals surface area contributed by atoms with Crippen molar-refractivity contribution in [3.8, 4) is 0 Å². The third-order valence-corrected chi connectivity index (χ3v) is 2.73. The monoisotopic (exact) mass is 239 g/mol. The predicted molar refractivity (Wildman–Crippen MR) is 65.7 cm³/mol. The van der Waals surface area contributed by atoms with Crippen LogP contribution in [-0.2, 0) is 0 Å². The van der Waals surface area contributed by atoms with Gasteiger partial charge < -0.3 is 10.2 Å². The lowest BCUT2D eigenvalue weighted by molar-refractivity contribution is 0.0942. The Morgan fingerprint density at radius 3 is 2.88 bits per heavy atom. The highest BCUT2D eigenvalue weighted by atomic mass is 16.2. The summed E-state index contributed by atoms with van der Waals surface area (Å²) in [7, 11) is 2.11. The van der Waals surface area contributed by atoms with Gasteiger partial charge in [-0.25, -0.2) is 4.98 Å². The minimum absolute atomic E-state index is 0.195. The van der Waals surface area contributed by atoms with Crippen molar-refractivity contribution in [3.05, 3.63) is 12.2 Å². The summed E-state index contributed by atoms with van der Waals surface area (Å²) in [5.74, 6) is 0.0732. The number of carbonyl (C=O) groups is 1. The van der Waals surface area contributed by atoms with Crippen LogP contribution in [0.2, 0.25) is 0 Å². The zero-order chi connectivity index (χ0) is 12.7. The number of amides is 1. The van der Waals surface area contributed by atoms with E-state index in [9.17, 15) is 4.79 Å². The maximum atomic E-state index is 11.5. The molecule has 0 unspecified atom stereocenters. The molecule has 2 N–H and O–H groups in total. The minimum atomic E-state index is -0.195. The molecule has 96 valence electrons. The largest absolute Gasteiger partial charge is 0.349 e. The predicted octanol–water partition coefficient (Wildman–Crippen LogP) is 0.655. The number of aromatic nitrogens is 3. The number of aromatic amines is 1. The molecule has 1 heterocycles. The van der Waals surface area contributed by atoms with Gasteiger partial charge in [-0.05, 0) is 40.3 Å². The van der Waals surface area contributed by atoms with Crippen LogP contribution in [0.3, 0.4) is 0 Å². The average Bonchev–Trinajstić information content (AvgIpc) is 2.81. The van der Waals surface area contributed by atoms with E-state index < -0.39 is 0 Å². The fourth-order valence-corrected chi connectivity index (χ4v) is 1.34. The van der Waals surface area contributed by atoms with Gasteiger partial charge in [-0.15, -0.1) is 0 Å². The summed E-state index contributed by atoms with van der Waals surface area (Å²) < 4.78 is 0. The van der Waals surface area contributed by atoms with Crippen LogP contribution in [0.4, 0.5) is 0 Å². The fourth-order valence-electron chi connectivity index (χ4n) is 1.34. The molecule has 0 atom stereocenters. The SMILES string of the molecule is CC(C)N(C)CCCCNC(=O)c1ncn[nH]1. The third-order valence-electron chi connectivity index (χ3n) is 2.73. The summed E-state index contributed by atoms with van der Waals surface area (Å²) in [4.78, 5) is 17.5. The fraction of sp³-hybridized carbons (Fsp3) is 0.727. The summed E-state index contributed by atoms with van der Waals surface area (Å²) >= 11 is 0. The first-order valence-corrected chi connectivity index (χ1v) is 5.95. The Bertz CT molecular complexity index is 323. The van der Waals surface area contributed by atoms with E-state index in [1.807, 2.05) is 0 Å². The van der Waals surface area contributed by atoms with E-state index in [0.717, 1.165) is 19.4 Å². The van der Waals surface area contributed by atoms with Crippen LogP contribution >= 0.6 is 0 Å². The van der Waals surface area contributed by atoms with Gasteiger partial charge in [-0.3, -0.25) is 9.89 Å². The van der Waals surface area contributed by atoms with Crippen LogP contribution in [0.5, 0.6) is 0 Å². The highest BCUT2D eigenvalue weighted by Gasteiger charge is 2.07. The van der Waals surface area contributed by atoms with E-state index >= 15 is 0 Å². The Morgan fingerprint density at radius 1 is 1.53 bits per heavy atom. The molecule has 0 bridgehead atoms. The maximum absolute atomic E-state index is 11.5. The number of unbranched alkanes of at least 4 members (excludes halogenated alkanes) is 1. The first kappa shape index (κ1) is 13.6. The molecule has 1 amide bonds. The molecule has 1 rings (SSSR count). The van der Waals surface area contributed by atoms with Crippen molar-refractivity contribution < 1.29 is 4.79 Å². The lowest BCUT2D eigenvalue weighted by atomic mass is 10.2. The molecule has 0 fully saturated rings. The Labute approximate surface area is 102 Å². The molecule has 0 aliphatic heterocycles. The first-order chi connectivity index (χ1) is 8.11. The van der Waals surface area contributed by atoms with E-state index in [2.05, 4.69) is 46.3 Å². The Kier molecular flexibility index (Phi) is 5.62. The van der Waals surface area contributed by atoms with E-state index in [1.54, 1.807) is 0 Å². The molecule has 0 aromatic carbocycles. The number of rotatable bonds is 7. The van der Waals surface area contributed by atoms with Crippen molar-refractivity contribution in [1.82, 2.24) is 25.4 Å². The van der Waals surface area contributed by atoms with Crippen molar-refractivity contribution in [2.75, 3.05) is 20.1 Å². The molecule has 1 aromatic heterocycles. The van der Waals surface area contributed by atoms with Crippen LogP contribution < -0.4 is 5.32 Å². The second-order valence-electron chi connectivity index (χ2n) is 4.37. The highest BCUT2D eigenvalue weighted by molar-refractivity contribution is 5.90. The molecular weight excluding hydrogens is 218 g/mol. The van der Waals surface area contributed by atoms with Gasteiger partial charge in [0.1, 0.15) is 6.33 Å². The number of hydrogen-bond acceptors (Lipinski definition) is 4. The van der Waals surface area contributed by atoms with E-state index in [-0.39, 0.29) is 11.7 Å². The Hall–Kier alpha value is -1.43. The Balaban J connectivity index is 2.07. The van der Waals surface area contributed by atoms with Gasteiger partial charge in [-0.2, -0.15) is 5.10 Å². The third kappa shape index (κ3) is 4.95. The topological polar surface area (TPSA) is 73.9 Å². The first-order valence-electron chi connectivity index (χ1n) is 5.95. The van der Waals surface area contributed by atoms with E-state index in [4.69, 9.17) is 0 Å². The Morgan fingerprint density at radius 2 is 2.29 bits per heavy atom. The van der Waals surface area contributed by atoms with E-state index in [0.29, 0.717) is 12.6 Å². The summed E-state index contributed by atoms with van der Waals surface area (Å²) in [6.07, 6.45) is 3.37. The zero-order valence-corrected chi connectivity index (χ0v) is 10.7. The molecular formula is C11H21N5O. The molecule has 1 aromatic rings. The molecule has 0 radical (unpaired) electrons. The summed E-state index contributed by atoms with van der Waals surface area (Å²) in [5.41, 5.74) is 0. The second-order valence-corrected chi connectivity index (χ2v) is 4.37. The van der Waals surface area contributed by atoms with Crippen LogP contribution in [-0.4, -0.2) is 52.2 Å². The molecule has 6 nitrogen and oxygen atoms in total. The maximum Gasteiger partial charge on any atom is 0.288 e. The van der Waals surface area contributed by atoms with Gasteiger partial charge >= 0.3 is 0 Å². The molecule has 17 heavy (non-hydrogen) atoms. The minimum Gasteiger partial charge on any atom is -0.349 e. The van der Waals surface area contributed by atoms with E-state index in [1.165, 1.54) is 6.33 Å². The average molecular weight is 239 g/mol. The van der Waals surface area contributed by atoms with Crippen molar-refractivity contribution in [3.63, 3.8) is 0 Å². The summed E-state index contributed by atoms with van der Waals surface area (Å²) in [6, 6.07) is 0.568. The van der Waals surface area contributed by atoms with Gasteiger partial charge in [0.2, 0.25) is 5.82 Å². The highest BCUT2D eigenvalue weighted by Crippen LogP contribution is 1.97. The van der Waals surface area contributed by atoms with Crippen LogP contribution in [0.1, 0.15) is 37.3 Å². The lowest BCUT2D eigenvalue weighted by Gasteiger charge is -2.20. The van der Waals surface area contributed by atoms with Crippen molar-refractivity contribution in [1.29, 1.82) is 0 Å². The number of H-pyrrole nitrogens is 1. The number of nitrogens with zero attached hydrogens (tertiary/aromatic N) is 3. The molecule has 0 saturated carbocycles. The van der Waals surface area contributed by atoms with Gasteiger partial charge in [0, 0.05) is 12.6 Å². The standard InChI is InChI=1S/C11H21N5O/c1-9(2)16(3)7-5-4-6-12-11(17)10-13-8-14-15-10/h8-9H,4-7H2,1-3H3,(H,12,17)(H,13,14,15). The smallest absolute Gasteiger partial charge is 0.288 e. The normalized spacial score (nSPS) is 11.1. The van der Waals surface area contributed by atoms with Gasteiger partial charge in [0.05, 0.1) is 0 Å². The number of nitrogens with one attached hydrogen (secondary N) is 2. The van der Waals surface area contributed by atoms with Crippen LogP contribution in [0.25, 0.3) is 0 Å². The molecule has 0 aliphatic rings. The number of carbonyl (C=O) groups excluding carboxylic acids is 1.